The first-order chi connectivity index (χ1) is 1.00. The fourth-order valence-electron chi connectivity index (χ4n) is 0. The minimum absolute atomic E-state index is 0. The molecule has 0 aliphatic heterocycles. The van der Waals surface area contributed by atoms with Crippen LogP contribution in [0.15, 0.2) is 0 Å². The Morgan fingerprint density at radius 2 is 0.714 bits per heavy atom. The van der Waals surface area contributed by atoms with Gasteiger partial charge in [0.05, 0.1) is 0 Å². The molecular weight excluding hydrogens is 227 g/mol. The van der Waals surface area contributed by atoms with Gasteiger partial charge in [0.25, 0.3) is 0 Å². The third-order valence-electron chi connectivity index (χ3n) is 0. The summed E-state index contributed by atoms with van der Waals surface area (Å²) in [5.74, 6) is 0. The third-order valence-corrected chi connectivity index (χ3v) is 0. The predicted molar refractivity (Wildman–Crippen MR) is 2.75 cm³/mol. The van der Waals surface area contributed by atoms with Crippen LogP contribution in [-0.4, -0.2) is 0 Å². The van der Waals surface area contributed by atoms with E-state index in [2.05, 4.69) is 15.7 Å². The summed E-state index contributed by atoms with van der Waals surface area (Å²) in [5, 5.41) is 0. The van der Waals surface area contributed by atoms with Gasteiger partial charge in [0, 0.05) is 0 Å². The average Bonchev–Trinajstić information content (AvgIpc) is 1.00. The van der Waals surface area contributed by atoms with Crippen molar-refractivity contribution in [2.45, 2.75) is 0 Å². The zero-order valence-electron chi connectivity index (χ0n) is 2.78. The molecule has 0 amide bonds. The van der Waals surface area contributed by atoms with E-state index in [1.54, 1.807) is 0 Å². The van der Waals surface area contributed by atoms with E-state index >= 15 is 0 Å². The van der Waals surface area contributed by atoms with E-state index in [1.165, 1.54) is 0 Å². The van der Waals surface area contributed by atoms with Gasteiger partial charge >= 0.3 is 54.3 Å². The first-order valence-electron chi connectivity index (χ1n) is 0.136. The van der Waals surface area contributed by atoms with Crippen molar-refractivity contribution >= 4 is 0 Å². The van der Waals surface area contributed by atoms with Crippen LogP contribution >= 0.6 is 0 Å². The van der Waals surface area contributed by atoms with Gasteiger partial charge in [-0.05, 0) is 0 Å². The van der Waals surface area contributed by atoms with Crippen LogP contribution < -0.4 is 0 Å². The van der Waals surface area contributed by atoms with Crippen molar-refractivity contribution in [1.29, 1.82) is 0 Å². The molecule has 0 rings (SSSR count). The Morgan fingerprint density at radius 3 is 0.714 bits per heavy atom. The van der Waals surface area contributed by atoms with Crippen LogP contribution in [0.1, 0.15) is 0 Å². The van der Waals surface area contributed by atoms with E-state index in [1.807, 2.05) is 0 Å². The molecular formula is CoCr2O4. The molecule has 0 saturated heterocycles. The summed E-state index contributed by atoms with van der Waals surface area (Å²) in [7, 11) is 0. The Labute approximate surface area is 70.6 Å². The van der Waals surface area contributed by atoms with Crippen LogP contribution in [0, 0.1) is 0 Å². The molecule has 2 radical (unpaired) electrons. The second-order valence-corrected chi connectivity index (χ2v) is 0. The molecule has 0 atom stereocenters. The zero-order valence-corrected chi connectivity index (χ0v) is 6.37. The molecule has 45 valence electrons. The van der Waals surface area contributed by atoms with Crippen molar-refractivity contribution in [2.24, 2.45) is 0 Å². The summed E-state index contributed by atoms with van der Waals surface area (Å²) >= 11 is 2.31. The number of hydrogen-bond donors (Lipinski definition) is 0. The van der Waals surface area contributed by atoms with Gasteiger partial charge in [-0.1, -0.05) is 0 Å². The first kappa shape index (κ1) is 85.6. The monoisotopic (exact) mass is 227 g/mol. The quantitative estimate of drug-likeness (QED) is 0.547. The van der Waals surface area contributed by atoms with E-state index in [4.69, 9.17) is 3.87 Å². The Bertz CT molecular complexity index is 9.65. The number of hydrogen-bond acceptors (Lipinski definition) is 1. The van der Waals surface area contributed by atoms with Gasteiger partial charge in [-0.25, -0.2) is 0 Å². The van der Waals surface area contributed by atoms with Crippen molar-refractivity contribution in [2.75, 3.05) is 0 Å². The molecule has 0 aliphatic rings. The fourth-order valence-corrected chi connectivity index (χ4v) is 0. The second kappa shape index (κ2) is 181. The second-order valence-electron chi connectivity index (χ2n) is 0. The topological polar surface area (TPSA) is 103 Å². The molecule has 4 nitrogen and oxygen atoms in total. The van der Waals surface area contributed by atoms with Gasteiger partial charge in [-0.15, -0.1) is 0 Å². The summed E-state index contributed by atoms with van der Waals surface area (Å²) < 4.78 is 7.94. The molecule has 0 heterocycles. The molecule has 0 fully saturated rings. The predicted octanol–water partition coefficient (Wildman–Crippen LogP) is -0.483. The van der Waals surface area contributed by atoms with Gasteiger partial charge in [0.2, 0.25) is 0 Å². The van der Waals surface area contributed by atoms with E-state index in [-0.39, 0.29) is 51.2 Å². The molecule has 0 aromatic carbocycles. The molecule has 0 saturated carbocycles. The van der Waals surface area contributed by atoms with Crippen LogP contribution in [0.25, 0.3) is 0 Å². The number of rotatable bonds is 0. The van der Waals surface area contributed by atoms with Crippen LogP contribution in [-0.2, 0) is 70.7 Å². The molecule has 0 bridgehead atoms. The molecule has 7 heavy (non-hydrogen) atoms. The molecule has 0 aliphatic carbocycles. The molecule has 0 aromatic rings. The summed E-state index contributed by atoms with van der Waals surface area (Å²) in [6, 6.07) is 0. The molecule has 0 spiro atoms. The van der Waals surface area contributed by atoms with Gasteiger partial charge < -0.3 is 16.4 Å². The van der Waals surface area contributed by atoms with Crippen LogP contribution in [0.5, 0.6) is 0 Å². The van der Waals surface area contributed by atoms with E-state index < -0.39 is 0 Å². The van der Waals surface area contributed by atoms with Gasteiger partial charge in [0.1, 0.15) is 0 Å². The van der Waals surface area contributed by atoms with Crippen LogP contribution in [0.2, 0.25) is 0 Å². The maximum atomic E-state index is 7.94. The van der Waals surface area contributed by atoms with Crippen LogP contribution in [0.3, 0.4) is 0 Å². The van der Waals surface area contributed by atoms with Crippen LogP contribution in [0.4, 0.5) is 0 Å². The van der Waals surface area contributed by atoms with Gasteiger partial charge in [-0.3, -0.25) is 0 Å². The average molecular weight is 227 g/mol. The molecule has 0 aromatic heterocycles. The Morgan fingerprint density at radius 1 is 0.714 bits per heavy atom. The Kier molecular flexibility index (Phi) is 2210. The summed E-state index contributed by atoms with van der Waals surface area (Å²) in [5.41, 5.74) is 0. The van der Waals surface area contributed by atoms with Crippen molar-refractivity contribution in [3.8, 4) is 0 Å². The van der Waals surface area contributed by atoms with E-state index in [0.717, 1.165) is 0 Å². The van der Waals surface area contributed by atoms with E-state index in [9.17, 15) is 0 Å². The SMILES string of the molecule is [Cr+3].[Cr+3].[O-2].[O-2].[O-2].[O]=[Co]. The zero-order chi connectivity index (χ0) is 2.00. The standard InChI is InChI=1S/Co.2Cr.4O/q;2*+3;;3*-2. The minimum atomic E-state index is 0. The third kappa shape index (κ3) is 128. The van der Waals surface area contributed by atoms with Crippen molar-refractivity contribution < 1.29 is 70.7 Å². The van der Waals surface area contributed by atoms with Crippen molar-refractivity contribution in [3.63, 3.8) is 0 Å². The Balaban J connectivity index is -0.000000000500. The fraction of sp³-hybridized carbons (Fsp3) is 0. The summed E-state index contributed by atoms with van der Waals surface area (Å²) in [6.45, 7) is 0. The first-order valence-corrected chi connectivity index (χ1v) is 0.561. The van der Waals surface area contributed by atoms with Gasteiger partial charge in [-0.2, -0.15) is 0 Å². The normalized spacial score (nSPS) is 0.714. The molecule has 7 heteroatoms. The van der Waals surface area contributed by atoms with E-state index in [0.29, 0.717) is 0 Å². The summed E-state index contributed by atoms with van der Waals surface area (Å²) in [6.07, 6.45) is 0. The Hall–Kier alpha value is 1.25. The van der Waals surface area contributed by atoms with Crippen molar-refractivity contribution in [3.05, 3.63) is 0 Å². The summed E-state index contributed by atoms with van der Waals surface area (Å²) in [4.78, 5) is 0. The van der Waals surface area contributed by atoms with Gasteiger partial charge in [0.15, 0.2) is 0 Å². The molecule has 0 unspecified atom stereocenters. The molecule has 0 N–H and O–H groups in total. The van der Waals surface area contributed by atoms with Crippen molar-refractivity contribution in [1.82, 2.24) is 0 Å². The maximum absolute atomic E-state index is 7.94.